The molecule has 0 radical (unpaired) electrons. The number of benzene rings is 1. The Bertz CT molecular complexity index is 350. The molecule has 0 saturated heterocycles. The number of hydrogen-bond donors (Lipinski definition) is 1. The molecule has 1 N–H and O–H groups in total. The normalized spacial score (nSPS) is 13.1. The molecule has 1 unspecified atom stereocenters. The highest BCUT2D eigenvalue weighted by atomic mass is 19.1. The van der Waals surface area contributed by atoms with Crippen LogP contribution in [0.4, 0.5) is 8.78 Å². The van der Waals surface area contributed by atoms with E-state index in [-0.39, 0.29) is 6.04 Å². The van der Waals surface area contributed by atoms with Crippen LogP contribution in [0.5, 0.6) is 0 Å². The molecule has 1 atom stereocenters. The Balaban J connectivity index is 2.86. The molecule has 0 aromatic heterocycles. The van der Waals surface area contributed by atoms with Gasteiger partial charge in [0, 0.05) is 17.7 Å². The van der Waals surface area contributed by atoms with E-state index in [2.05, 4.69) is 26.1 Å². The largest absolute Gasteiger partial charge is 0.310 e. The van der Waals surface area contributed by atoms with Gasteiger partial charge in [-0.25, -0.2) is 8.78 Å². The van der Waals surface area contributed by atoms with Crippen molar-refractivity contribution in [1.82, 2.24) is 5.32 Å². The van der Waals surface area contributed by atoms with Gasteiger partial charge in [-0.15, -0.1) is 0 Å². The molecule has 0 aliphatic rings. The van der Waals surface area contributed by atoms with Gasteiger partial charge in [0.15, 0.2) is 0 Å². The van der Waals surface area contributed by atoms with Gasteiger partial charge < -0.3 is 5.32 Å². The first-order valence-corrected chi connectivity index (χ1v) is 6.23. The predicted molar refractivity (Wildman–Crippen MR) is 66.8 cm³/mol. The van der Waals surface area contributed by atoms with Crippen molar-refractivity contribution >= 4 is 0 Å². The summed E-state index contributed by atoms with van der Waals surface area (Å²) in [6, 6.07) is 3.78. The maximum atomic E-state index is 13.7. The van der Waals surface area contributed by atoms with Gasteiger partial charge in [0.25, 0.3) is 0 Å². The van der Waals surface area contributed by atoms with Crippen molar-refractivity contribution in [3.63, 3.8) is 0 Å². The van der Waals surface area contributed by atoms with Crippen molar-refractivity contribution in [3.8, 4) is 0 Å². The molecule has 0 heterocycles. The summed E-state index contributed by atoms with van der Waals surface area (Å²) >= 11 is 0. The van der Waals surface area contributed by atoms with Crippen LogP contribution in [0, 0.1) is 17.6 Å². The van der Waals surface area contributed by atoms with Gasteiger partial charge in [-0.05, 0) is 31.4 Å². The van der Waals surface area contributed by atoms with E-state index in [1.165, 1.54) is 6.07 Å². The molecule has 17 heavy (non-hydrogen) atoms. The maximum Gasteiger partial charge on any atom is 0.130 e. The van der Waals surface area contributed by atoms with Crippen LogP contribution in [-0.4, -0.2) is 6.54 Å². The van der Waals surface area contributed by atoms with Crippen molar-refractivity contribution in [2.45, 2.75) is 39.7 Å². The summed E-state index contributed by atoms with van der Waals surface area (Å²) in [6.07, 6.45) is 1.85. The number of hydrogen-bond acceptors (Lipinski definition) is 1. The van der Waals surface area contributed by atoms with Crippen LogP contribution in [0.25, 0.3) is 0 Å². The first-order chi connectivity index (χ1) is 8.04. The predicted octanol–water partition coefficient (Wildman–Crippen LogP) is 4.05. The van der Waals surface area contributed by atoms with Crippen LogP contribution >= 0.6 is 0 Å². The first-order valence-electron chi connectivity index (χ1n) is 6.23. The van der Waals surface area contributed by atoms with Gasteiger partial charge in [0.1, 0.15) is 11.6 Å². The minimum Gasteiger partial charge on any atom is -0.310 e. The molecular weight excluding hydrogens is 220 g/mol. The molecule has 0 aliphatic heterocycles. The van der Waals surface area contributed by atoms with Crippen molar-refractivity contribution in [2.24, 2.45) is 5.92 Å². The molecule has 1 aromatic carbocycles. The van der Waals surface area contributed by atoms with Crippen LogP contribution in [-0.2, 0) is 0 Å². The quantitative estimate of drug-likeness (QED) is 0.792. The zero-order valence-electron chi connectivity index (χ0n) is 10.8. The van der Waals surface area contributed by atoms with Gasteiger partial charge in [0.05, 0.1) is 0 Å². The summed E-state index contributed by atoms with van der Waals surface area (Å²) in [5.41, 5.74) is 0.563. The van der Waals surface area contributed by atoms with Crippen LogP contribution in [0.2, 0.25) is 0 Å². The average Bonchev–Trinajstić information content (AvgIpc) is 2.24. The molecule has 1 rings (SSSR count). The summed E-state index contributed by atoms with van der Waals surface area (Å²) < 4.78 is 26.6. The van der Waals surface area contributed by atoms with E-state index in [1.807, 2.05) is 0 Å². The molecule has 0 spiro atoms. The van der Waals surface area contributed by atoms with Gasteiger partial charge in [-0.1, -0.05) is 26.8 Å². The van der Waals surface area contributed by atoms with E-state index in [1.54, 1.807) is 6.07 Å². The van der Waals surface area contributed by atoms with E-state index >= 15 is 0 Å². The lowest BCUT2D eigenvalue weighted by atomic mass is 9.96. The molecule has 0 bridgehead atoms. The Labute approximate surface area is 102 Å². The van der Waals surface area contributed by atoms with Crippen LogP contribution < -0.4 is 5.32 Å². The fourth-order valence-electron chi connectivity index (χ4n) is 1.89. The molecule has 96 valence electrons. The highest BCUT2D eigenvalue weighted by Crippen LogP contribution is 2.24. The van der Waals surface area contributed by atoms with Gasteiger partial charge >= 0.3 is 0 Å². The lowest BCUT2D eigenvalue weighted by Gasteiger charge is -2.21. The number of halogens is 2. The van der Waals surface area contributed by atoms with Gasteiger partial charge in [-0.3, -0.25) is 0 Å². The van der Waals surface area contributed by atoms with E-state index in [0.29, 0.717) is 11.5 Å². The topological polar surface area (TPSA) is 12.0 Å². The Hall–Kier alpha value is -0.960. The fourth-order valence-corrected chi connectivity index (χ4v) is 1.89. The highest BCUT2D eigenvalue weighted by Gasteiger charge is 2.16. The van der Waals surface area contributed by atoms with E-state index < -0.39 is 11.6 Å². The Morgan fingerprint density at radius 2 is 1.94 bits per heavy atom. The number of rotatable bonds is 6. The standard InChI is InChI=1S/C14H21F2N/c1-4-7-17-14(8-10(2)3)12-6-5-11(15)9-13(12)16/h5-6,9-10,14,17H,4,7-8H2,1-3H3. The van der Waals surface area contributed by atoms with Crippen LogP contribution in [0.3, 0.4) is 0 Å². The summed E-state index contributed by atoms with van der Waals surface area (Å²) in [5, 5.41) is 3.31. The minimum atomic E-state index is -0.523. The smallest absolute Gasteiger partial charge is 0.130 e. The second kappa shape index (κ2) is 6.70. The Kier molecular flexibility index (Phi) is 5.56. The van der Waals surface area contributed by atoms with E-state index in [4.69, 9.17) is 0 Å². The van der Waals surface area contributed by atoms with Crippen LogP contribution in [0.1, 0.15) is 45.2 Å². The highest BCUT2D eigenvalue weighted by molar-refractivity contribution is 5.22. The molecule has 1 aromatic rings. The summed E-state index contributed by atoms with van der Waals surface area (Å²) in [7, 11) is 0. The third kappa shape index (κ3) is 4.43. The fraction of sp³-hybridized carbons (Fsp3) is 0.571. The van der Waals surface area contributed by atoms with Crippen molar-refractivity contribution in [2.75, 3.05) is 6.54 Å². The van der Waals surface area contributed by atoms with Crippen molar-refractivity contribution in [1.29, 1.82) is 0 Å². The lowest BCUT2D eigenvalue weighted by Crippen LogP contribution is -2.24. The van der Waals surface area contributed by atoms with Crippen molar-refractivity contribution in [3.05, 3.63) is 35.4 Å². The van der Waals surface area contributed by atoms with Gasteiger partial charge in [0.2, 0.25) is 0 Å². The zero-order chi connectivity index (χ0) is 12.8. The van der Waals surface area contributed by atoms with E-state index in [0.717, 1.165) is 25.5 Å². The third-order valence-electron chi connectivity index (χ3n) is 2.69. The zero-order valence-corrected chi connectivity index (χ0v) is 10.8. The molecule has 0 amide bonds. The molecule has 3 heteroatoms. The lowest BCUT2D eigenvalue weighted by molar-refractivity contribution is 0.415. The molecule has 1 nitrogen and oxygen atoms in total. The second-order valence-electron chi connectivity index (χ2n) is 4.80. The second-order valence-corrected chi connectivity index (χ2v) is 4.80. The third-order valence-corrected chi connectivity index (χ3v) is 2.69. The first kappa shape index (κ1) is 14.1. The Morgan fingerprint density at radius 3 is 2.47 bits per heavy atom. The minimum absolute atomic E-state index is 0.0319. The van der Waals surface area contributed by atoms with Crippen molar-refractivity contribution < 1.29 is 8.78 Å². The summed E-state index contributed by atoms with van der Waals surface area (Å²) in [4.78, 5) is 0. The molecule has 0 aliphatic carbocycles. The molecule has 0 fully saturated rings. The summed E-state index contributed by atoms with van der Waals surface area (Å²) in [6.45, 7) is 7.11. The Morgan fingerprint density at radius 1 is 1.24 bits per heavy atom. The molecule has 0 saturated carbocycles. The average molecular weight is 241 g/mol. The van der Waals surface area contributed by atoms with Gasteiger partial charge in [-0.2, -0.15) is 0 Å². The summed E-state index contributed by atoms with van der Waals surface area (Å²) in [5.74, 6) is -0.516. The van der Waals surface area contributed by atoms with Crippen LogP contribution in [0.15, 0.2) is 18.2 Å². The van der Waals surface area contributed by atoms with E-state index in [9.17, 15) is 8.78 Å². The number of nitrogens with one attached hydrogen (secondary N) is 1. The SMILES string of the molecule is CCCNC(CC(C)C)c1ccc(F)cc1F. The monoisotopic (exact) mass is 241 g/mol. The molecular formula is C14H21F2N. The maximum absolute atomic E-state index is 13.7.